The van der Waals surface area contributed by atoms with Crippen LogP contribution in [0.15, 0.2) is 23.1 Å². The van der Waals surface area contributed by atoms with E-state index in [1.54, 1.807) is 0 Å². The Morgan fingerprint density at radius 1 is 1.35 bits per heavy atom. The third kappa shape index (κ3) is 3.79. The number of hydrogen-bond donors (Lipinski definition) is 1. The molecular weight excluding hydrogens is 320 g/mol. The molecule has 0 unspecified atom stereocenters. The lowest BCUT2D eigenvalue weighted by Gasteiger charge is -2.31. The van der Waals surface area contributed by atoms with Gasteiger partial charge in [0.1, 0.15) is 5.69 Å². The summed E-state index contributed by atoms with van der Waals surface area (Å²) in [4.78, 5) is 12.5. The molecule has 1 heterocycles. The molecule has 0 spiro atoms. The molecule has 1 aliphatic rings. The average Bonchev–Trinajstić information content (AvgIpc) is 2.53. The molecule has 0 aliphatic carbocycles. The number of piperazine rings is 1. The summed E-state index contributed by atoms with van der Waals surface area (Å²) in [7, 11) is -1.83. The van der Waals surface area contributed by atoms with Gasteiger partial charge in [-0.3, -0.25) is 10.1 Å². The van der Waals surface area contributed by atoms with Crippen LogP contribution >= 0.6 is 0 Å². The van der Waals surface area contributed by atoms with Crippen LogP contribution in [0.1, 0.15) is 0 Å². The minimum Gasteiger partial charge on any atom is -0.369 e. The van der Waals surface area contributed by atoms with E-state index in [9.17, 15) is 18.5 Å². The van der Waals surface area contributed by atoms with E-state index >= 15 is 0 Å². The first-order valence-electron chi connectivity index (χ1n) is 7.00. The number of benzene rings is 1. The second kappa shape index (κ2) is 6.95. The van der Waals surface area contributed by atoms with E-state index in [1.165, 1.54) is 16.4 Å². The molecule has 2 rings (SSSR count). The quantitative estimate of drug-likeness (QED) is 0.479. The number of nitro benzene ring substituents is 1. The second-order valence-corrected chi connectivity index (χ2v) is 7.14. The summed E-state index contributed by atoms with van der Waals surface area (Å²) >= 11 is 0. The van der Waals surface area contributed by atoms with E-state index < -0.39 is 14.9 Å². The van der Waals surface area contributed by atoms with Gasteiger partial charge in [0.15, 0.2) is 0 Å². The number of nitrogens with one attached hydrogen (secondary N) is 1. The van der Waals surface area contributed by atoms with Crippen molar-refractivity contribution in [3.8, 4) is 12.3 Å². The third-order valence-electron chi connectivity index (χ3n) is 3.65. The molecular formula is C14H18N4O4S. The molecule has 1 saturated heterocycles. The average molecular weight is 338 g/mol. The van der Waals surface area contributed by atoms with Crippen LogP contribution in [0.3, 0.4) is 0 Å². The highest BCUT2D eigenvalue weighted by atomic mass is 32.2. The number of anilines is 1. The minimum absolute atomic E-state index is 0.0833. The van der Waals surface area contributed by atoms with E-state index in [2.05, 4.69) is 11.2 Å². The van der Waals surface area contributed by atoms with Crippen molar-refractivity contribution in [3.05, 3.63) is 28.3 Å². The fourth-order valence-corrected chi connectivity index (χ4v) is 3.74. The summed E-state index contributed by atoms with van der Waals surface area (Å²) in [6.45, 7) is 2.10. The van der Waals surface area contributed by atoms with Crippen LogP contribution in [0, 0.1) is 22.5 Å². The second-order valence-electron chi connectivity index (χ2n) is 5.20. The van der Waals surface area contributed by atoms with Gasteiger partial charge < -0.3 is 10.2 Å². The molecule has 1 aromatic carbocycles. The standard InChI is InChI=1S/C14H18N4O4S/c1-3-6-15-13-5-4-12(11-14(13)18(19)20)23(21,22)17-9-7-16(2)8-10-17/h1,4-5,11,15H,6-10H2,2H3. The Morgan fingerprint density at radius 3 is 2.57 bits per heavy atom. The topological polar surface area (TPSA) is 95.8 Å². The summed E-state index contributed by atoms with van der Waals surface area (Å²) in [5.74, 6) is 2.32. The maximum Gasteiger partial charge on any atom is 0.293 e. The van der Waals surface area contributed by atoms with Gasteiger partial charge in [-0.15, -0.1) is 6.42 Å². The van der Waals surface area contributed by atoms with Gasteiger partial charge >= 0.3 is 0 Å². The molecule has 0 atom stereocenters. The summed E-state index contributed by atoms with van der Waals surface area (Å²) in [5.41, 5.74) is -0.110. The predicted molar refractivity (Wildman–Crippen MR) is 86.7 cm³/mol. The summed E-state index contributed by atoms with van der Waals surface area (Å²) in [6, 6.07) is 3.81. The zero-order valence-electron chi connectivity index (χ0n) is 12.7. The van der Waals surface area contributed by atoms with Crippen LogP contribution in [0.2, 0.25) is 0 Å². The van der Waals surface area contributed by atoms with E-state index in [-0.39, 0.29) is 22.8 Å². The lowest BCUT2D eigenvalue weighted by atomic mass is 10.2. The Balaban J connectivity index is 2.34. The first kappa shape index (κ1) is 17.2. The van der Waals surface area contributed by atoms with Gasteiger partial charge in [-0.05, 0) is 19.2 Å². The normalized spacial score (nSPS) is 16.7. The van der Waals surface area contributed by atoms with Crippen LogP contribution in [0.5, 0.6) is 0 Å². The molecule has 0 bridgehead atoms. The van der Waals surface area contributed by atoms with Crippen LogP contribution in [0.25, 0.3) is 0 Å². The van der Waals surface area contributed by atoms with Crippen LogP contribution in [-0.2, 0) is 10.0 Å². The van der Waals surface area contributed by atoms with Gasteiger partial charge in [-0.1, -0.05) is 5.92 Å². The number of rotatable bonds is 5. The van der Waals surface area contributed by atoms with E-state index in [4.69, 9.17) is 6.42 Å². The first-order chi connectivity index (χ1) is 10.9. The number of sulfonamides is 1. The molecule has 1 aromatic rings. The van der Waals surface area contributed by atoms with Gasteiger partial charge in [0, 0.05) is 32.2 Å². The highest BCUT2D eigenvalue weighted by molar-refractivity contribution is 7.89. The van der Waals surface area contributed by atoms with E-state index in [0.717, 1.165) is 6.07 Å². The fourth-order valence-electron chi connectivity index (χ4n) is 2.30. The van der Waals surface area contributed by atoms with Crippen molar-refractivity contribution in [3.63, 3.8) is 0 Å². The van der Waals surface area contributed by atoms with Crippen molar-refractivity contribution in [2.75, 3.05) is 45.1 Å². The first-order valence-corrected chi connectivity index (χ1v) is 8.44. The van der Waals surface area contributed by atoms with E-state index in [1.807, 2.05) is 11.9 Å². The number of terminal acetylenes is 1. The summed E-state index contributed by atoms with van der Waals surface area (Å²) in [6.07, 6.45) is 5.12. The number of likely N-dealkylation sites (N-methyl/N-ethyl adjacent to an activating group) is 1. The van der Waals surface area contributed by atoms with Crippen molar-refractivity contribution >= 4 is 21.4 Å². The number of nitro groups is 1. The SMILES string of the molecule is C#CCNc1ccc(S(=O)(=O)N2CCN(C)CC2)cc1[N+](=O)[O-]. The molecule has 0 aromatic heterocycles. The van der Waals surface area contributed by atoms with Crippen LogP contribution in [0.4, 0.5) is 11.4 Å². The molecule has 0 saturated carbocycles. The molecule has 0 radical (unpaired) electrons. The molecule has 124 valence electrons. The number of hydrogen-bond acceptors (Lipinski definition) is 6. The Morgan fingerprint density at radius 2 is 2.00 bits per heavy atom. The minimum atomic E-state index is -3.74. The molecule has 0 amide bonds. The van der Waals surface area contributed by atoms with Gasteiger partial charge in [0.2, 0.25) is 10.0 Å². The van der Waals surface area contributed by atoms with E-state index in [0.29, 0.717) is 26.2 Å². The third-order valence-corrected chi connectivity index (χ3v) is 5.54. The van der Waals surface area contributed by atoms with Crippen molar-refractivity contribution < 1.29 is 13.3 Å². The molecule has 1 fully saturated rings. The highest BCUT2D eigenvalue weighted by Crippen LogP contribution is 2.29. The Hall–Kier alpha value is -2.15. The van der Waals surface area contributed by atoms with Gasteiger partial charge in [-0.2, -0.15) is 4.31 Å². The summed E-state index contributed by atoms with van der Waals surface area (Å²) < 4.78 is 26.6. The summed E-state index contributed by atoms with van der Waals surface area (Å²) in [5, 5.41) is 13.9. The van der Waals surface area contributed by atoms with Crippen molar-refractivity contribution in [1.82, 2.24) is 9.21 Å². The lowest BCUT2D eigenvalue weighted by molar-refractivity contribution is -0.384. The molecule has 1 aliphatic heterocycles. The Bertz CT molecular complexity index is 734. The molecule has 8 nitrogen and oxygen atoms in total. The fraction of sp³-hybridized carbons (Fsp3) is 0.429. The predicted octanol–water partition coefficient (Wildman–Crippen LogP) is 0.576. The zero-order chi connectivity index (χ0) is 17.0. The highest BCUT2D eigenvalue weighted by Gasteiger charge is 2.29. The maximum absolute atomic E-state index is 12.6. The maximum atomic E-state index is 12.6. The van der Waals surface area contributed by atoms with Gasteiger partial charge in [0.05, 0.1) is 16.4 Å². The number of nitrogens with zero attached hydrogens (tertiary/aromatic N) is 3. The monoisotopic (exact) mass is 338 g/mol. The Labute approximate surface area is 135 Å². The zero-order valence-corrected chi connectivity index (χ0v) is 13.5. The smallest absolute Gasteiger partial charge is 0.293 e. The molecule has 23 heavy (non-hydrogen) atoms. The molecule has 9 heteroatoms. The Kier molecular flexibility index (Phi) is 5.20. The van der Waals surface area contributed by atoms with Gasteiger partial charge in [0.25, 0.3) is 5.69 Å². The van der Waals surface area contributed by atoms with Gasteiger partial charge in [-0.25, -0.2) is 8.42 Å². The van der Waals surface area contributed by atoms with Crippen LogP contribution < -0.4 is 5.32 Å². The van der Waals surface area contributed by atoms with Crippen molar-refractivity contribution in [1.29, 1.82) is 0 Å². The van der Waals surface area contributed by atoms with Crippen LogP contribution in [-0.4, -0.2) is 62.3 Å². The molecule has 1 N–H and O–H groups in total. The largest absolute Gasteiger partial charge is 0.369 e. The van der Waals surface area contributed by atoms with Crippen molar-refractivity contribution in [2.45, 2.75) is 4.90 Å². The lowest BCUT2D eigenvalue weighted by Crippen LogP contribution is -2.47. The van der Waals surface area contributed by atoms with Crippen molar-refractivity contribution in [2.24, 2.45) is 0 Å².